The topological polar surface area (TPSA) is 46.4 Å². The van der Waals surface area contributed by atoms with E-state index in [2.05, 4.69) is 26.2 Å². The van der Waals surface area contributed by atoms with E-state index in [-0.39, 0.29) is 16.4 Å². The summed E-state index contributed by atoms with van der Waals surface area (Å²) in [5.74, 6) is -0.694. The summed E-state index contributed by atoms with van der Waals surface area (Å²) in [7, 11) is 0. The Kier molecular flexibility index (Phi) is 4.74. The Morgan fingerprint density at radius 1 is 1.27 bits per heavy atom. The van der Waals surface area contributed by atoms with E-state index in [9.17, 15) is 18.0 Å². The normalized spacial score (nSPS) is 11.8. The van der Waals surface area contributed by atoms with Gasteiger partial charge in [0.15, 0.2) is 5.65 Å². The van der Waals surface area contributed by atoms with E-state index in [4.69, 9.17) is 11.6 Å². The number of hydrogen-bond donors (Lipinski definition) is 1. The van der Waals surface area contributed by atoms with Crippen molar-refractivity contribution in [3.05, 3.63) is 62.5 Å². The Morgan fingerprint density at radius 3 is 2.62 bits per heavy atom. The van der Waals surface area contributed by atoms with Crippen LogP contribution in [0.5, 0.6) is 0 Å². The maximum atomic E-state index is 13.2. The minimum atomic E-state index is -4.65. The molecule has 0 spiro atoms. The number of aryl methyl sites for hydroxylation is 2. The molecule has 0 aliphatic carbocycles. The fourth-order valence-corrected chi connectivity index (χ4v) is 3.47. The fraction of sp³-hybridized carbons (Fsp3) is 0.176. The molecule has 0 aliphatic rings. The molecule has 2 aromatic heterocycles. The molecule has 0 radical (unpaired) electrons. The minimum absolute atomic E-state index is 0.0686. The summed E-state index contributed by atoms with van der Waals surface area (Å²) in [6.45, 7) is 3.46. The first-order valence-electron chi connectivity index (χ1n) is 7.41. The van der Waals surface area contributed by atoms with Crippen LogP contribution in [0.15, 0.2) is 34.9 Å². The van der Waals surface area contributed by atoms with E-state index < -0.39 is 17.6 Å². The van der Waals surface area contributed by atoms with Crippen LogP contribution in [0.1, 0.15) is 27.3 Å². The number of carbonyl (C=O) groups is 1. The minimum Gasteiger partial charge on any atom is -0.320 e. The third-order valence-electron chi connectivity index (χ3n) is 3.74. The first kappa shape index (κ1) is 18.7. The largest absolute Gasteiger partial charge is 0.418 e. The number of carbonyl (C=O) groups excluding carboxylic acids is 1. The number of imidazole rings is 1. The number of halogens is 5. The summed E-state index contributed by atoms with van der Waals surface area (Å²) in [5, 5.41) is 2.26. The standard InChI is InChI=1S/C17H12BrClF3N3O/c1-8-5-12(18)15-23-9(2)14(25(15)7-8)16(26)24-13-4-3-10(19)6-11(13)17(20,21)22/h3-7H,1-2H3,(H,24,26). The average molecular weight is 447 g/mol. The SMILES string of the molecule is Cc1cc(Br)c2nc(C)c(C(=O)Nc3ccc(Cl)cc3C(F)(F)F)n2c1. The molecule has 3 rings (SSSR count). The maximum Gasteiger partial charge on any atom is 0.418 e. The molecule has 0 saturated heterocycles. The van der Waals surface area contributed by atoms with Crippen LogP contribution in [0, 0.1) is 13.8 Å². The number of benzene rings is 1. The summed E-state index contributed by atoms with van der Waals surface area (Å²) < 4.78 is 41.9. The van der Waals surface area contributed by atoms with Gasteiger partial charge in [-0.05, 0) is 59.6 Å². The first-order chi connectivity index (χ1) is 12.1. The number of pyridine rings is 1. The van der Waals surface area contributed by atoms with E-state index in [0.29, 0.717) is 15.8 Å². The number of amides is 1. The van der Waals surface area contributed by atoms with Crippen molar-refractivity contribution in [2.75, 3.05) is 5.32 Å². The molecule has 2 heterocycles. The summed E-state index contributed by atoms with van der Waals surface area (Å²) >= 11 is 9.04. The Bertz CT molecular complexity index is 1030. The third-order valence-corrected chi connectivity index (χ3v) is 4.56. The van der Waals surface area contributed by atoms with Gasteiger partial charge in [0.2, 0.25) is 0 Å². The van der Waals surface area contributed by atoms with Gasteiger partial charge in [-0.25, -0.2) is 4.98 Å². The third kappa shape index (κ3) is 3.43. The number of anilines is 1. The smallest absolute Gasteiger partial charge is 0.320 e. The van der Waals surface area contributed by atoms with Crippen LogP contribution in [0.3, 0.4) is 0 Å². The first-order valence-corrected chi connectivity index (χ1v) is 8.58. The van der Waals surface area contributed by atoms with E-state index >= 15 is 0 Å². The van der Waals surface area contributed by atoms with Crippen molar-refractivity contribution in [2.45, 2.75) is 20.0 Å². The lowest BCUT2D eigenvalue weighted by Crippen LogP contribution is -2.19. The molecule has 0 saturated carbocycles. The lowest BCUT2D eigenvalue weighted by molar-refractivity contribution is -0.136. The highest BCUT2D eigenvalue weighted by molar-refractivity contribution is 9.10. The highest BCUT2D eigenvalue weighted by Gasteiger charge is 2.34. The number of aromatic nitrogens is 2. The van der Waals surface area contributed by atoms with Gasteiger partial charge < -0.3 is 5.32 Å². The number of hydrogen-bond acceptors (Lipinski definition) is 2. The van der Waals surface area contributed by atoms with Crippen molar-refractivity contribution in [2.24, 2.45) is 0 Å². The summed E-state index contributed by atoms with van der Waals surface area (Å²) in [6, 6.07) is 5.03. The predicted molar refractivity (Wildman–Crippen MR) is 96.8 cm³/mol. The molecule has 1 amide bonds. The molecule has 0 bridgehead atoms. The predicted octanol–water partition coefficient (Wildman–Crippen LogP) is 5.64. The van der Waals surface area contributed by atoms with E-state index in [1.165, 1.54) is 6.07 Å². The molecule has 1 N–H and O–H groups in total. The van der Waals surface area contributed by atoms with Crippen molar-refractivity contribution in [1.29, 1.82) is 0 Å². The van der Waals surface area contributed by atoms with Gasteiger partial charge in [0.05, 0.1) is 21.4 Å². The van der Waals surface area contributed by atoms with Gasteiger partial charge >= 0.3 is 6.18 Å². The lowest BCUT2D eigenvalue weighted by Gasteiger charge is -2.14. The van der Waals surface area contributed by atoms with E-state index in [1.807, 2.05) is 13.0 Å². The van der Waals surface area contributed by atoms with Crippen molar-refractivity contribution in [3.63, 3.8) is 0 Å². The number of nitrogens with zero attached hydrogens (tertiary/aromatic N) is 2. The van der Waals surface area contributed by atoms with Crippen LogP contribution in [0.2, 0.25) is 5.02 Å². The number of nitrogens with one attached hydrogen (secondary N) is 1. The van der Waals surface area contributed by atoms with Gasteiger partial charge in [0.1, 0.15) is 5.69 Å². The Labute approximate surface area is 160 Å². The van der Waals surface area contributed by atoms with Crippen molar-refractivity contribution < 1.29 is 18.0 Å². The molecule has 1 aromatic carbocycles. The second-order valence-corrected chi connectivity index (χ2v) is 7.04. The van der Waals surface area contributed by atoms with Gasteiger partial charge in [-0.2, -0.15) is 13.2 Å². The van der Waals surface area contributed by atoms with Crippen molar-refractivity contribution in [1.82, 2.24) is 9.38 Å². The highest BCUT2D eigenvalue weighted by Crippen LogP contribution is 2.36. The molecule has 0 atom stereocenters. The van der Waals surface area contributed by atoms with Gasteiger partial charge in [-0.15, -0.1) is 0 Å². The number of fused-ring (bicyclic) bond motifs is 1. The van der Waals surface area contributed by atoms with Gasteiger partial charge in [-0.3, -0.25) is 9.20 Å². The molecule has 0 aliphatic heterocycles. The zero-order valence-corrected chi connectivity index (χ0v) is 15.9. The highest BCUT2D eigenvalue weighted by atomic mass is 79.9. The van der Waals surface area contributed by atoms with E-state index in [0.717, 1.165) is 17.7 Å². The quantitative estimate of drug-likeness (QED) is 0.554. The van der Waals surface area contributed by atoms with Crippen LogP contribution in [-0.2, 0) is 6.18 Å². The molecular weight excluding hydrogens is 435 g/mol. The second kappa shape index (κ2) is 6.59. The molecule has 4 nitrogen and oxygen atoms in total. The molecule has 0 fully saturated rings. The summed E-state index contributed by atoms with van der Waals surface area (Å²) in [5.41, 5.74) is 0.544. The molecule has 9 heteroatoms. The van der Waals surface area contributed by atoms with Gasteiger partial charge in [0.25, 0.3) is 5.91 Å². The van der Waals surface area contributed by atoms with Crippen LogP contribution in [0.4, 0.5) is 18.9 Å². The summed E-state index contributed by atoms with van der Waals surface area (Å²) in [6.07, 6.45) is -2.96. The van der Waals surface area contributed by atoms with Crippen molar-refractivity contribution >= 4 is 44.8 Å². The van der Waals surface area contributed by atoms with Gasteiger partial charge in [0, 0.05) is 11.2 Å². The number of rotatable bonds is 2. The Hall–Kier alpha value is -2.06. The van der Waals surface area contributed by atoms with Crippen molar-refractivity contribution in [3.8, 4) is 0 Å². The average Bonchev–Trinajstić information content (AvgIpc) is 2.84. The van der Waals surface area contributed by atoms with Crippen LogP contribution in [-0.4, -0.2) is 15.3 Å². The van der Waals surface area contributed by atoms with Crippen LogP contribution >= 0.6 is 27.5 Å². The second-order valence-electron chi connectivity index (χ2n) is 5.75. The van der Waals surface area contributed by atoms with Crippen LogP contribution in [0.25, 0.3) is 5.65 Å². The molecule has 0 unspecified atom stereocenters. The zero-order valence-electron chi connectivity index (χ0n) is 13.6. The van der Waals surface area contributed by atoms with Crippen LogP contribution < -0.4 is 5.32 Å². The zero-order chi connectivity index (χ0) is 19.2. The van der Waals surface area contributed by atoms with E-state index in [1.54, 1.807) is 17.5 Å². The fourth-order valence-electron chi connectivity index (χ4n) is 2.66. The summed E-state index contributed by atoms with van der Waals surface area (Å²) in [4.78, 5) is 17.0. The Morgan fingerprint density at radius 2 is 1.96 bits per heavy atom. The maximum absolute atomic E-state index is 13.2. The number of alkyl halides is 3. The molecule has 136 valence electrons. The Balaban J connectivity index is 2.08. The monoisotopic (exact) mass is 445 g/mol. The molecule has 26 heavy (non-hydrogen) atoms. The van der Waals surface area contributed by atoms with Gasteiger partial charge in [-0.1, -0.05) is 11.6 Å². The molecular formula is C17H12BrClF3N3O. The molecule has 3 aromatic rings. The lowest BCUT2D eigenvalue weighted by atomic mass is 10.1.